The van der Waals surface area contributed by atoms with Gasteiger partial charge in [-0.05, 0) is 76.6 Å². The number of hydrogen-bond acceptors (Lipinski definition) is 9. The topological polar surface area (TPSA) is 145 Å². The number of hydrogen-bond donors (Lipinski definition) is 1. The Kier molecular flexibility index (Phi) is 10.6. The van der Waals surface area contributed by atoms with Crippen LogP contribution in [-0.2, 0) is 38.2 Å². The molecule has 1 aromatic rings. The van der Waals surface area contributed by atoms with Crippen LogP contribution < -0.4 is 5.32 Å². The lowest BCUT2D eigenvalue weighted by atomic mass is 9.92. The normalized spacial score (nSPS) is 29.0. The molecule has 5 atom stereocenters. The number of nitrogens with zero attached hydrogens (tertiary/aromatic N) is 1. The van der Waals surface area contributed by atoms with E-state index in [-0.39, 0.29) is 30.2 Å². The van der Waals surface area contributed by atoms with E-state index in [2.05, 4.69) is 21.2 Å². The summed E-state index contributed by atoms with van der Waals surface area (Å²) in [5.41, 5.74) is -1.83. The van der Waals surface area contributed by atoms with Gasteiger partial charge < -0.3 is 19.7 Å². The number of fused-ring (bicyclic) bond motifs is 2. The number of esters is 1. The smallest absolute Gasteiger partial charge is 0.408 e. The number of allylic oxidation sites excluding steroid dienone is 2. The molecule has 1 N–H and O–H groups in total. The van der Waals surface area contributed by atoms with Crippen LogP contribution in [0.25, 0.3) is 0 Å². The summed E-state index contributed by atoms with van der Waals surface area (Å²) in [6.07, 6.45) is 5.72. The van der Waals surface area contributed by atoms with E-state index in [1.807, 2.05) is 12.2 Å². The third-order valence-corrected chi connectivity index (χ3v) is 10.1. The number of ether oxygens (including phenoxy) is 2. The second-order valence-electron chi connectivity index (χ2n) is 12.7. The molecule has 3 aliphatic rings. The fourth-order valence-electron chi connectivity index (χ4n) is 5.94. The molecule has 0 aromatic heterocycles. The number of rotatable bonds is 5. The first-order valence-electron chi connectivity index (χ1n) is 14.9. The minimum absolute atomic E-state index is 0.0652. The molecular formula is C31H41BrN2O9S. The Balaban J connectivity index is 1.64. The number of methoxy groups -OCH3 is 1. The Hall–Kier alpha value is -2.77. The van der Waals surface area contributed by atoms with Crippen molar-refractivity contribution in [3.63, 3.8) is 0 Å². The molecule has 4 rings (SSSR count). The first kappa shape index (κ1) is 34.1. The molecule has 1 aliphatic carbocycles. The van der Waals surface area contributed by atoms with E-state index in [1.165, 1.54) is 24.1 Å². The van der Waals surface area contributed by atoms with E-state index in [4.69, 9.17) is 13.7 Å². The number of carbonyl (C=O) groups excluding carboxylic acids is 4. The third kappa shape index (κ3) is 8.28. The van der Waals surface area contributed by atoms with E-state index in [9.17, 15) is 27.6 Å². The summed E-state index contributed by atoms with van der Waals surface area (Å²) in [5, 5.41) is 2.68. The maximum Gasteiger partial charge on any atom is 0.408 e. The van der Waals surface area contributed by atoms with Crippen molar-refractivity contribution in [3.05, 3.63) is 40.9 Å². The summed E-state index contributed by atoms with van der Waals surface area (Å²) in [7, 11) is -2.94. The van der Waals surface area contributed by atoms with E-state index < -0.39 is 63.1 Å². The third-order valence-electron chi connectivity index (χ3n) is 8.22. The van der Waals surface area contributed by atoms with E-state index in [0.29, 0.717) is 23.7 Å². The summed E-state index contributed by atoms with van der Waals surface area (Å²) >= 11 is 3.28. The molecule has 0 radical (unpaired) electrons. The number of halogens is 1. The summed E-state index contributed by atoms with van der Waals surface area (Å²) in [4.78, 5) is 54.9. The van der Waals surface area contributed by atoms with Crippen molar-refractivity contribution in [3.8, 4) is 0 Å². The summed E-state index contributed by atoms with van der Waals surface area (Å²) in [6, 6.07) is 3.86. The van der Waals surface area contributed by atoms with Gasteiger partial charge in [0, 0.05) is 23.9 Å². The number of ketones is 1. The highest BCUT2D eigenvalue weighted by Gasteiger charge is 2.61. The average molecular weight is 698 g/mol. The molecule has 0 bridgehead atoms. The van der Waals surface area contributed by atoms with Gasteiger partial charge in [-0.1, -0.05) is 40.9 Å². The largest absolute Gasteiger partial charge is 0.469 e. The number of benzene rings is 1. The molecule has 1 aromatic carbocycles. The minimum Gasteiger partial charge on any atom is -0.469 e. The zero-order chi connectivity index (χ0) is 32.3. The molecule has 2 heterocycles. The standard InChI is InChI=1S/C31H41BrN2O9S/c1-30(2,3)42-29(38)33-24-11-9-7-5-6-8-10-20-17-31(20,28(37)41-4)18-26(35)25-16-22(19-34(25)27(24)36)43-44(39,40)23-14-12-21(32)13-15-23/h8,10,12-15,20,22,24-25H,5-7,9,11,16-19H2,1-4H3,(H,33,38)/b10-8-/t20-,22-,24?,25-,31+/m0/s1. The molecule has 44 heavy (non-hydrogen) atoms. The second kappa shape index (κ2) is 13.7. The molecule has 1 saturated carbocycles. The van der Waals surface area contributed by atoms with Gasteiger partial charge in [0.2, 0.25) is 5.91 Å². The maximum absolute atomic E-state index is 14.1. The van der Waals surface area contributed by atoms with Gasteiger partial charge in [0.15, 0.2) is 5.78 Å². The molecule has 242 valence electrons. The SMILES string of the molecule is COC(=O)[C@]12CC(=O)[C@@H]3C[C@H](OS(=O)(=O)c4ccc(Br)cc4)CN3C(=O)C(NC(=O)OC(C)(C)C)CCCCC/C=C\[C@H]1C2. The minimum atomic E-state index is -4.22. The Labute approximate surface area is 267 Å². The Morgan fingerprint density at radius 3 is 2.45 bits per heavy atom. The van der Waals surface area contributed by atoms with Gasteiger partial charge in [-0.3, -0.25) is 18.6 Å². The average Bonchev–Trinajstić information content (AvgIpc) is 3.47. The predicted octanol–water partition coefficient (Wildman–Crippen LogP) is 4.68. The fourth-order valence-corrected chi connectivity index (χ4v) is 7.28. The number of alkyl carbamates (subject to hydrolysis) is 1. The molecule has 2 fully saturated rings. The number of amides is 2. The van der Waals surface area contributed by atoms with Crippen LogP contribution in [0, 0.1) is 11.3 Å². The molecule has 1 unspecified atom stereocenters. The molecule has 1 saturated heterocycles. The lowest BCUT2D eigenvalue weighted by Gasteiger charge is -2.30. The van der Waals surface area contributed by atoms with Crippen molar-refractivity contribution >= 4 is 49.8 Å². The molecule has 11 nitrogen and oxygen atoms in total. The second-order valence-corrected chi connectivity index (χ2v) is 15.2. The molecule has 0 spiro atoms. The number of Topliss-reactive ketones (excluding diaryl/α,β-unsaturated/α-hetero) is 1. The molecular weight excluding hydrogens is 656 g/mol. The van der Waals surface area contributed by atoms with Gasteiger partial charge in [0.1, 0.15) is 11.6 Å². The quantitative estimate of drug-likeness (QED) is 0.264. The fraction of sp³-hybridized carbons (Fsp3) is 0.613. The van der Waals surface area contributed by atoms with E-state index >= 15 is 0 Å². The highest BCUT2D eigenvalue weighted by molar-refractivity contribution is 9.10. The van der Waals surface area contributed by atoms with Crippen LogP contribution in [0.2, 0.25) is 0 Å². The van der Waals surface area contributed by atoms with E-state index in [0.717, 1.165) is 19.3 Å². The molecule has 2 amide bonds. The lowest BCUT2D eigenvalue weighted by Crippen LogP contribution is -2.52. The Morgan fingerprint density at radius 2 is 1.80 bits per heavy atom. The molecule has 13 heteroatoms. The van der Waals surface area contributed by atoms with Crippen LogP contribution in [0.5, 0.6) is 0 Å². The van der Waals surface area contributed by atoms with Gasteiger partial charge in [-0.15, -0.1) is 0 Å². The van der Waals surface area contributed by atoms with Crippen molar-refractivity contribution in [2.45, 2.75) is 101 Å². The van der Waals surface area contributed by atoms with Crippen molar-refractivity contribution < 1.29 is 41.3 Å². The van der Waals surface area contributed by atoms with Gasteiger partial charge in [0.05, 0.1) is 29.6 Å². The zero-order valence-corrected chi connectivity index (χ0v) is 27.9. The highest BCUT2D eigenvalue weighted by atomic mass is 79.9. The Bertz CT molecular complexity index is 1390. The predicted molar refractivity (Wildman–Crippen MR) is 164 cm³/mol. The van der Waals surface area contributed by atoms with Crippen LogP contribution in [0.1, 0.15) is 72.1 Å². The maximum atomic E-state index is 14.1. The number of carbonyl (C=O) groups is 4. The number of nitrogens with one attached hydrogen (secondary N) is 1. The Morgan fingerprint density at radius 1 is 1.09 bits per heavy atom. The zero-order valence-electron chi connectivity index (χ0n) is 25.5. The van der Waals surface area contributed by atoms with Gasteiger partial charge in [-0.2, -0.15) is 8.42 Å². The first-order valence-corrected chi connectivity index (χ1v) is 17.1. The summed E-state index contributed by atoms with van der Waals surface area (Å²) < 4.78 is 43.0. The van der Waals surface area contributed by atoms with Crippen LogP contribution in [-0.4, -0.2) is 74.5 Å². The van der Waals surface area contributed by atoms with Crippen molar-refractivity contribution in [2.24, 2.45) is 11.3 Å². The van der Waals surface area contributed by atoms with Crippen molar-refractivity contribution in [1.29, 1.82) is 0 Å². The van der Waals surface area contributed by atoms with Gasteiger partial charge in [0.25, 0.3) is 10.1 Å². The summed E-state index contributed by atoms with van der Waals surface area (Å²) in [5.74, 6) is -1.58. The first-order chi connectivity index (χ1) is 20.6. The monoisotopic (exact) mass is 696 g/mol. The summed E-state index contributed by atoms with van der Waals surface area (Å²) in [6.45, 7) is 4.95. The van der Waals surface area contributed by atoms with E-state index in [1.54, 1.807) is 32.9 Å². The molecule has 2 aliphatic heterocycles. The van der Waals surface area contributed by atoms with Crippen LogP contribution >= 0.6 is 15.9 Å². The van der Waals surface area contributed by atoms with Crippen molar-refractivity contribution in [2.75, 3.05) is 13.7 Å². The lowest BCUT2D eigenvalue weighted by molar-refractivity contribution is -0.150. The highest BCUT2D eigenvalue weighted by Crippen LogP contribution is 2.57. The van der Waals surface area contributed by atoms with Gasteiger partial charge in [-0.25, -0.2) is 4.79 Å². The van der Waals surface area contributed by atoms with Crippen LogP contribution in [0.4, 0.5) is 4.79 Å². The van der Waals surface area contributed by atoms with Crippen molar-refractivity contribution in [1.82, 2.24) is 10.2 Å². The van der Waals surface area contributed by atoms with Gasteiger partial charge >= 0.3 is 12.1 Å². The van der Waals surface area contributed by atoms with Crippen LogP contribution in [0.15, 0.2) is 45.8 Å². The van der Waals surface area contributed by atoms with Crippen LogP contribution in [0.3, 0.4) is 0 Å².